The molecule has 1 aliphatic carbocycles. The molecule has 1 unspecified atom stereocenters. The Morgan fingerprint density at radius 2 is 1.69 bits per heavy atom. The third-order valence-corrected chi connectivity index (χ3v) is 11.9. The van der Waals surface area contributed by atoms with Gasteiger partial charge in [0.25, 0.3) is 5.91 Å². The number of carbonyl (C=O) groups excluding carboxylic acids is 4. The summed E-state index contributed by atoms with van der Waals surface area (Å²) in [7, 11) is 0. The Kier molecular flexibility index (Phi) is 13.0. The Hall–Kier alpha value is -4.64. The Balaban J connectivity index is 0.945. The zero-order chi connectivity index (χ0) is 42.9. The third-order valence-electron chi connectivity index (χ3n) is 11.5. The predicted octanol–water partition coefficient (Wildman–Crippen LogP) is 5.71. The summed E-state index contributed by atoms with van der Waals surface area (Å²) in [6.07, 6.45) is -6.03. The number of anilines is 2. The minimum absolute atomic E-state index is 0.0280. The van der Waals surface area contributed by atoms with Gasteiger partial charge in [0.2, 0.25) is 17.7 Å². The largest absolute Gasteiger partial charge is 0.417 e. The van der Waals surface area contributed by atoms with Crippen LogP contribution in [0.25, 0.3) is 0 Å². The highest BCUT2D eigenvalue weighted by Crippen LogP contribution is 2.41. The van der Waals surface area contributed by atoms with E-state index in [-0.39, 0.29) is 48.4 Å². The van der Waals surface area contributed by atoms with Gasteiger partial charge < -0.3 is 19.9 Å². The van der Waals surface area contributed by atoms with Crippen LogP contribution in [0.15, 0.2) is 42.5 Å². The molecular formula is C40H45F6N7O5S. The van der Waals surface area contributed by atoms with Gasteiger partial charge in [0.15, 0.2) is 5.11 Å². The van der Waals surface area contributed by atoms with Crippen molar-refractivity contribution in [1.82, 2.24) is 20.0 Å². The number of hydrogen-bond donors (Lipinski definition) is 2. The van der Waals surface area contributed by atoms with E-state index in [1.165, 1.54) is 12.1 Å². The SMILES string of the molecule is CC1(C)C(=O)N(c2ccc(C#N)c(C(F)(F)F)c2)C(=S)N1C1CCC(OCCCN2CCN(CC(=O)Nc3ccc(C4CCC(=O)NC4=O)cc3)[C@@H](C(F)(F)F)C2)CC1. The topological polar surface area (TPSA) is 138 Å². The number of amides is 4. The van der Waals surface area contributed by atoms with E-state index in [9.17, 15) is 50.8 Å². The number of nitrogens with one attached hydrogen (secondary N) is 2. The minimum atomic E-state index is -4.81. The van der Waals surface area contributed by atoms with Crippen LogP contribution >= 0.6 is 12.2 Å². The highest BCUT2D eigenvalue weighted by molar-refractivity contribution is 7.80. The molecule has 318 valence electrons. The van der Waals surface area contributed by atoms with Crippen molar-refractivity contribution >= 4 is 52.3 Å². The number of hydrogen-bond acceptors (Lipinski definition) is 9. The van der Waals surface area contributed by atoms with Crippen molar-refractivity contribution in [3.8, 4) is 6.07 Å². The zero-order valence-corrected chi connectivity index (χ0v) is 33.3. The number of halogens is 6. The van der Waals surface area contributed by atoms with Gasteiger partial charge in [-0.1, -0.05) is 12.1 Å². The summed E-state index contributed by atoms with van der Waals surface area (Å²) in [6.45, 7) is 3.61. The van der Waals surface area contributed by atoms with E-state index in [4.69, 9.17) is 17.0 Å². The molecule has 0 aromatic heterocycles. The number of thiocarbonyl (C=S) groups is 1. The highest BCUT2D eigenvalue weighted by Gasteiger charge is 2.53. The Labute approximate surface area is 342 Å². The normalized spacial score (nSPS) is 24.6. The molecule has 4 aliphatic rings. The van der Waals surface area contributed by atoms with E-state index in [1.54, 1.807) is 47.9 Å². The van der Waals surface area contributed by atoms with Crippen molar-refractivity contribution in [2.45, 2.75) is 101 Å². The maximum atomic E-state index is 14.2. The van der Waals surface area contributed by atoms with Crippen LogP contribution in [0.2, 0.25) is 0 Å². The summed E-state index contributed by atoms with van der Waals surface area (Å²) in [5, 5.41) is 14.2. The van der Waals surface area contributed by atoms with Crippen molar-refractivity contribution < 1.29 is 50.3 Å². The number of benzene rings is 2. The molecule has 3 aliphatic heterocycles. The van der Waals surface area contributed by atoms with Crippen LogP contribution in [0.1, 0.15) is 81.4 Å². The molecule has 0 radical (unpaired) electrons. The van der Waals surface area contributed by atoms with Crippen LogP contribution in [0, 0.1) is 11.3 Å². The number of piperazine rings is 1. The second-order valence-electron chi connectivity index (χ2n) is 15.8. The van der Waals surface area contributed by atoms with Crippen LogP contribution in [-0.2, 0) is 30.1 Å². The van der Waals surface area contributed by atoms with Gasteiger partial charge in [-0.2, -0.15) is 31.6 Å². The van der Waals surface area contributed by atoms with E-state index >= 15 is 0 Å². The number of carbonyl (C=O) groups is 4. The van der Waals surface area contributed by atoms with Gasteiger partial charge in [-0.25, -0.2) is 0 Å². The second kappa shape index (κ2) is 17.5. The van der Waals surface area contributed by atoms with E-state index in [2.05, 4.69) is 10.6 Å². The van der Waals surface area contributed by atoms with Crippen molar-refractivity contribution in [2.75, 3.05) is 49.5 Å². The molecule has 2 aromatic carbocycles. The first-order valence-corrected chi connectivity index (χ1v) is 19.9. The number of alkyl halides is 6. The van der Waals surface area contributed by atoms with Gasteiger partial charge in [0, 0.05) is 50.9 Å². The number of rotatable bonds is 11. The van der Waals surface area contributed by atoms with Crippen molar-refractivity contribution in [2.24, 2.45) is 0 Å². The molecule has 2 aromatic rings. The summed E-state index contributed by atoms with van der Waals surface area (Å²) < 4.78 is 89.9. The molecule has 4 fully saturated rings. The number of nitriles is 1. The fourth-order valence-corrected chi connectivity index (χ4v) is 9.00. The van der Waals surface area contributed by atoms with Crippen LogP contribution in [-0.4, -0.2) is 113 Å². The molecule has 12 nitrogen and oxygen atoms in total. The number of nitrogens with zero attached hydrogens (tertiary/aromatic N) is 5. The summed E-state index contributed by atoms with van der Waals surface area (Å²) in [5.74, 6) is -2.31. The molecule has 19 heteroatoms. The fraction of sp³-hybridized carbons (Fsp3) is 0.550. The molecule has 59 heavy (non-hydrogen) atoms. The van der Waals surface area contributed by atoms with Gasteiger partial charge >= 0.3 is 12.4 Å². The van der Waals surface area contributed by atoms with Crippen LogP contribution in [0.3, 0.4) is 0 Å². The second-order valence-corrected chi connectivity index (χ2v) is 16.2. The molecular weight excluding hydrogens is 805 g/mol. The van der Waals surface area contributed by atoms with Crippen molar-refractivity contribution in [3.05, 3.63) is 59.2 Å². The smallest absolute Gasteiger partial charge is 0.378 e. The lowest BCUT2D eigenvalue weighted by molar-refractivity contribution is -0.197. The van der Waals surface area contributed by atoms with E-state index in [0.717, 1.165) is 21.9 Å². The lowest BCUT2D eigenvalue weighted by atomic mass is 9.89. The molecule has 3 heterocycles. The molecule has 0 spiro atoms. The quantitative estimate of drug-likeness (QED) is 0.125. The van der Waals surface area contributed by atoms with Crippen LogP contribution < -0.4 is 15.5 Å². The van der Waals surface area contributed by atoms with Gasteiger partial charge in [-0.15, -0.1) is 0 Å². The van der Waals surface area contributed by atoms with Gasteiger partial charge in [-0.05, 0) is 100 Å². The first-order chi connectivity index (χ1) is 27.8. The minimum Gasteiger partial charge on any atom is -0.378 e. The molecule has 2 atom stereocenters. The molecule has 2 N–H and O–H groups in total. The Morgan fingerprint density at radius 1 is 1.00 bits per heavy atom. The van der Waals surface area contributed by atoms with E-state index in [0.29, 0.717) is 69.5 Å². The third kappa shape index (κ3) is 9.88. The first kappa shape index (κ1) is 43.9. The maximum Gasteiger partial charge on any atom is 0.417 e. The maximum absolute atomic E-state index is 14.2. The number of imide groups is 1. The lowest BCUT2D eigenvalue weighted by Gasteiger charge is -2.42. The van der Waals surface area contributed by atoms with Crippen LogP contribution in [0.5, 0.6) is 0 Å². The molecule has 1 saturated carbocycles. The molecule has 6 rings (SSSR count). The first-order valence-electron chi connectivity index (χ1n) is 19.5. The summed E-state index contributed by atoms with van der Waals surface area (Å²) in [4.78, 5) is 55.7. The Bertz CT molecular complexity index is 1980. The molecule has 4 amide bonds. The predicted molar refractivity (Wildman–Crippen MR) is 207 cm³/mol. The monoisotopic (exact) mass is 849 g/mol. The average Bonchev–Trinajstić information content (AvgIpc) is 3.35. The van der Waals surface area contributed by atoms with Crippen LogP contribution in [0.4, 0.5) is 37.7 Å². The highest BCUT2D eigenvalue weighted by atomic mass is 32.1. The zero-order valence-electron chi connectivity index (χ0n) is 32.5. The lowest BCUT2D eigenvalue weighted by Crippen LogP contribution is -2.60. The summed E-state index contributed by atoms with van der Waals surface area (Å²) in [6, 6.07) is 9.02. The standard InChI is InChI=1S/C40H45F6N7O5S/c1-38(2)36(57)52(28-9-6-25(21-47)31(20-28)39(41,42)43)37(59)53(38)27-10-12-29(13-11-27)58-19-3-16-50-17-18-51(32(22-50)40(44,45)46)23-34(55)48-26-7-4-24(5-8-26)30-14-15-33(54)49-35(30)56/h4-9,20,27,29-30,32H,3,10-19,22-23H2,1-2H3,(H,48,55)(H,49,54,56)/t27?,29?,30?,32-/m1/s1. The van der Waals surface area contributed by atoms with Gasteiger partial charge in [-0.3, -0.25) is 34.3 Å². The van der Waals surface area contributed by atoms with Gasteiger partial charge in [0.1, 0.15) is 11.6 Å². The van der Waals surface area contributed by atoms with Gasteiger partial charge in [0.05, 0.1) is 41.5 Å². The Morgan fingerprint density at radius 3 is 2.32 bits per heavy atom. The number of piperidine rings is 1. The van der Waals surface area contributed by atoms with E-state index < -0.39 is 65.2 Å². The number of ether oxygens (including phenoxy) is 1. The van der Waals surface area contributed by atoms with Crippen molar-refractivity contribution in [1.29, 1.82) is 5.26 Å². The molecule has 3 saturated heterocycles. The fourth-order valence-electron chi connectivity index (χ4n) is 8.44. The summed E-state index contributed by atoms with van der Waals surface area (Å²) >= 11 is 5.68. The summed E-state index contributed by atoms with van der Waals surface area (Å²) in [5.41, 5.74) is -1.89. The van der Waals surface area contributed by atoms with E-state index in [1.807, 2.05) is 0 Å². The molecule has 0 bridgehead atoms. The average molecular weight is 850 g/mol. The van der Waals surface area contributed by atoms with Crippen molar-refractivity contribution in [3.63, 3.8) is 0 Å².